The lowest BCUT2D eigenvalue weighted by molar-refractivity contribution is -0.911. The highest BCUT2D eigenvalue weighted by atomic mass is 16.5. The zero-order valence-corrected chi connectivity index (χ0v) is 24.2. The van der Waals surface area contributed by atoms with E-state index in [4.69, 9.17) is 15.5 Å². The molecule has 1 atom stereocenters. The van der Waals surface area contributed by atoms with Crippen LogP contribution < -0.4 is 10.5 Å². The summed E-state index contributed by atoms with van der Waals surface area (Å²) in [6.07, 6.45) is 3.09. The van der Waals surface area contributed by atoms with Crippen LogP contribution in [0.2, 0.25) is 0 Å². The van der Waals surface area contributed by atoms with E-state index in [2.05, 4.69) is 19.1 Å². The number of ether oxygens (including phenoxy) is 1. The maximum absolute atomic E-state index is 13.3. The second-order valence-electron chi connectivity index (χ2n) is 11.0. The summed E-state index contributed by atoms with van der Waals surface area (Å²) in [5.74, 6) is 0.192. The first-order valence-corrected chi connectivity index (χ1v) is 14.0. The van der Waals surface area contributed by atoms with Crippen molar-refractivity contribution in [3.63, 3.8) is 0 Å². The number of nitrogens with two attached hydrogens (primary N) is 1. The summed E-state index contributed by atoms with van der Waals surface area (Å²) < 4.78 is 6.70. The van der Waals surface area contributed by atoms with Gasteiger partial charge in [0.25, 0.3) is 0 Å². The predicted octanol–water partition coefficient (Wildman–Crippen LogP) is 6.44. The normalized spacial score (nSPS) is 12.3. The summed E-state index contributed by atoms with van der Waals surface area (Å²) in [7, 11) is 4.09. The van der Waals surface area contributed by atoms with Gasteiger partial charge in [0.1, 0.15) is 13.2 Å². The van der Waals surface area contributed by atoms with Gasteiger partial charge >= 0.3 is 0 Å². The van der Waals surface area contributed by atoms with Crippen molar-refractivity contribution in [1.29, 1.82) is 0 Å². The third-order valence-corrected chi connectivity index (χ3v) is 7.66. The molecule has 208 valence electrons. The number of likely N-dealkylation sites (N-methyl/N-ethyl adjacent to an activating group) is 1. The minimum Gasteiger partial charge on any atom is -0.471 e. The number of carbonyl (C=O) groups excluding carboxylic acids is 2. The van der Waals surface area contributed by atoms with Crippen molar-refractivity contribution in [2.75, 3.05) is 27.2 Å². The number of aromatic nitrogens is 1. The van der Waals surface area contributed by atoms with E-state index < -0.39 is 11.9 Å². The van der Waals surface area contributed by atoms with Crippen LogP contribution in [0.15, 0.2) is 72.8 Å². The Bertz CT molecular complexity index is 1510. The highest BCUT2D eigenvalue weighted by Crippen LogP contribution is 2.38. The van der Waals surface area contributed by atoms with Gasteiger partial charge in [-0.05, 0) is 60.0 Å². The molecule has 0 saturated carbocycles. The van der Waals surface area contributed by atoms with Crippen LogP contribution >= 0.6 is 0 Å². The lowest BCUT2D eigenvalue weighted by atomic mass is 9.86. The predicted molar refractivity (Wildman–Crippen MR) is 161 cm³/mol. The Kier molecular flexibility index (Phi) is 9.00. The van der Waals surface area contributed by atoms with Crippen LogP contribution in [0.4, 0.5) is 0 Å². The average molecular weight is 539 g/mol. The summed E-state index contributed by atoms with van der Waals surface area (Å²) in [5.41, 5.74) is 10.7. The van der Waals surface area contributed by atoms with Crippen molar-refractivity contribution in [3.8, 4) is 17.0 Å². The number of rotatable bonds is 12. The van der Waals surface area contributed by atoms with Crippen LogP contribution in [0.25, 0.3) is 21.9 Å². The molecule has 0 spiro atoms. The van der Waals surface area contributed by atoms with Gasteiger partial charge in [-0.2, -0.15) is 0 Å². The maximum atomic E-state index is 13.3. The van der Waals surface area contributed by atoms with Crippen molar-refractivity contribution in [2.45, 2.75) is 46.1 Å². The number of ketones is 1. The zero-order chi connectivity index (χ0) is 28.9. The number of carbonyl (C=O) groups is 2. The first kappa shape index (κ1) is 29.0. The molecule has 0 aliphatic rings. The number of quaternary nitrogens is 1. The first-order chi connectivity index (χ1) is 19.1. The van der Waals surface area contributed by atoms with Gasteiger partial charge in [-0.3, -0.25) is 9.59 Å². The van der Waals surface area contributed by atoms with E-state index in [0.29, 0.717) is 29.1 Å². The van der Waals surface area contributed by atoms with Crippen LogP contribution in [0.5, 0.6) is 5.88 Å². The van der Waals surface area contributed by atoms with E-state index in [0.717, 1.165) is 58.0 Å². The van der Waals surface area contributed by atoms with E-state index in [1.54, 1.807) is 13.0 Å². The second-order valence-corrected chi connectivity index (χ2v) is 11.0. The molecule has 6 nitrogen and oxygen atoms in total. The monoisotopic (exact) mass is 538 g/mol. The van der Waals surface area contributed by atoms with Gasteiger partial charge in [0.2, 0.25) is 11.8 Å². The van der Waals surface area contributed by atoms with E-state index >= 15 is 0 Å². The Morgan fingerprint density at radius 3 is 2.38 bits per heavy atom. The molecular formula is C34H40N3O3+. The first-order valence-electron chi connectivity index (χ1n) is 14.0. The molecule has 0 fully saturated rings. The highest BCUT2D eigenvalue weighted by molar-refractivity contribution is 5.97. The van der Waals surface area contributed by atoms with Crippen molar-refractivity contribution in [3.05, 3.63) is 95.2 Å². The van der Waals surface area contributed by atoms with Crippen molar-refractivity contribution in [2.24, 2.45) is 5.73 Å². The van der Waals surface area contributed by atoms with Crippen LogP contribution in [-0.4, -0.2) is 48.4 Å². The van der Waals surface area contributed by atoms with Crippen LogP contribution in [0, 0.1) is 6.92 Å². The Morgan fingerprint density at radius 2 is 1.70 bits per heavy atom. The third-order valence-electron chi connectivity index (χ3n) is 7.66. The lowest BCUT2D eigenvalue weighted by Crippen LogP contribution is -2.48. The summed E-state index contributed by atoms with van der Waals surface area (Å²) >= 11 is 0. The fourth-order valence-electron chi connectivity index (χ4n) is 5.63. The molecule has 1 aromatic heterocycles. The molecule has 40 heavy (non-hydrogen) atoms. The summed E-state index contributed by atoms with van der Waals surface area (Å²) in [6.45, 7) is 6.67. The number of unbranched alkanes of at least 4 members (excludes halogenated alkanes) is 1. The fraction of sp³-hybridized carbons (Fsp3) is 0.324. The van der Waals surface area contributed by atoms with Crippen LogP contribution in [-0.2, 0) is 11.2 Å². The number of nitrogens with zero attached hydrogens (tertiary/aromatic N) is 2. The molecule has 4 aromatic rings. The number of Topliss-reactive ketones (excluding diaryl/α,β-unsaturated/α-hetero) is 1. The van der Waals surface area contributed by atoms with E-state index in [-0.39, 0.29) is 5.78 Å². The summed E-state index contributed by atoms with van der Waals surface area (Å²) in [6, 6.07) is 23.3. The molecule has 2 N–H and O–H groups in total. The van der Waals surface area contributed by atoms with Gasteiger partial charge in [0, 0.05) is 29.1 Å². The highest BCUT2D eigenvalue weighted by Gasteiger charge is 2.37. The topological polar surface area (TPSA) is 82.3 Å². The number of hydrogen-bond acceptors (Lipinski definition) is 4. The van der Waals surface area contributed by atoms with Gasteiger partial charge in [-0.25, -0.2) is 4.98 Å². The summed E-state index contributed by atoms with van der Waals surface area (Å²) in [4.78, 5) is 30.3. The number of benzene rings is 3. The summed E-state index contributed by atoms with van der Waals surface area (Å²) in [5, 5.41) is 2.10. The molecule has 0 aliphatic carbocycles. The van der Waals surface area contributed by atoms with Gasteiger partial charge < -0.3 is 15.0 Å². The van der Waals surface area contributed by atoms with Crippen molar-refractivity contribution >= 4 is 22.5 Å². The molecule has 3 aromatic carbocycles. The number of hydrogen-bond donors (Lipinski definition) is 1. The number of primary amides is 1. The zero-order valence-electron chi connectivity index (χ0n) is 24.2. The van der Waals surface area contributed by atoms with Gasteiger partial charge in [-0.15, -0.1) is 0 Å². The Labute approximate surface area is 237 Å². The molecule has 1 amide bonds. The molecule has 0 radical (unpaired) electrons. The van der Waals surface area contributed by atoms with Gasteiger partial charge in [0.15, 0.2) is 11.8 Å². The van der Waals surface area contributed by atoms with Crippen LogP contribution in [0.1, 0.15) is 59.9 Å². The van der Waals surface area contributed by atoms with E-state index in [1.807, 2.05) is 75.6 Å². The van der Waals surface area contributed by atoms with E-state index in [9.17, 15) is 9.59 Å². The number of fused-ring (bicyclic) bond motifs is 1. The maximum Gasteiger partial charge on any atom is 0.248 e. The average Bonchev–Trinajstić information content (AvgIpc) is 2.92. The molecule has 0 unspecified atom stereocenters. The molecule has 0 bridgehead atoms. The Morgan fingerprint density at radius 1 is 1.00 bits per heavy atom. The smallest absolute Gasteiger partial charge is 0.248 e. The fourth-order valence-corrected chi connectivity index (χ4v) is 5.63. The Balaban J connectivity index is 1.67. The second kappa shape index (κ2) is 12.4. The number of amides is 1. The van der Waals surface area contributed by atoms with Crippen molar-refractivity contribution in [1.82, 2.24) is 4.98 Å². The SMILES string of the molecule is CCCCc1cc2ccccc2c(OCC[N+](C)(C)[C@@H](C(C)=O)c2ccc(C(N)=O)c(C)c2-c2ccccc2)n1. The molecule has 6 heteroatoms. The molecule has 1 heterocycles. The molecular weight excluding hydrogens is 498 g/mol. The lowest BCUT2D eigenvalue weighted by Gasteiger charge is -2.38. The molecule has 0 aliphatic heterocycles. The minimum absolute atomic E-state index is 0.0403. The third kappa shape index (κ3) is 6.23. The number of pyridine rings is 1. The van der Waals surface area contributed by atoms with Gasteiger partial charge in [0.05, 0.1) is 14.1 Å². The van der Waals surface area contributed by atoms with Crippen molar-refractivity contribution < 1.29 is 18.8 Å². The molecule has 0 saturated heterocycles. The van der Waals surface area contributed by atoms with E-state index in [1.165, 1.54) is 0 Å². The molecule has 4 rings (SSSR count). The minimum atomic E-state index is -0.483. The van der Waals surface area contributed by atoms with Crippen LogP contribution in [0.3, 0.4) is 0 Å². The quantitative estimate of drug-likeness (QED) is 0.211. The standard InChI is InChI=1S/C34H39N3O3/c1-6-7-16-27-22-26-15-11-12-17-29(26)34(36-27)40-21-20-37(4,5)32(24(3)38)30-19-18-28(33(35)39)23(2)31(30)25-13-9-8-10-14-25/h8-15,17-19,22,32H,6-7,16,20-21H2,1-5H3,(H-,35,39)/p+1/t32-/m0/s1. The van der Waals surface area contributed by atoms with Gasteiger partial charge in [-0.1, -0.05) is 67.9 Å². The largest absolute Gasteiger partial charge is 0.471 e. The Hall–Kier alpha value is -4.03. The number of aryl methyl sites for hydroxylation is 1.